The summed E-state index contributed by atoms with van der Waals surface area (Å²) in [6.45, 7) is 11.8. The van der Waals surface area contributed by atoms with Crippen LogP contribution in [0.4, 0.5) is 5.82 Å². The molecule has 38 heavy (non-hydrogen) atoms. The van der Waals surface area contributed by atoms with Crippen molar-refractivity contribution < 1.29 is 9.47 Å². The number of fused-ring (bicyclic) bond motifs is 2. The van der Waals surface area contributed by atoms with Crippen LogP contribution in [0.5, 0.6) is 6.01 Å². The van der Waals surface area contributed by atoms with Crippen LogP contribution in [0.2, 0.25) is 5.02 Å². The molecule has 1 unspecified atom stereocenters. The molecule has 3 aliphatic rings. The highest BCUT2D eigenvalue weighted by Gasteiger charge is 2.32. The third kappa shape index (κ3) is 5.05. The molecule has 3 aliphatic heterocycles. The van der Waals surface area contributed by atoms with E-state index in [4.69, 9.17) is 37.6 Å². The van der Waals surface area contributed by atoms with Gasteiger partial charge < -0.3 is 24.1 Å². The van der Waals surface area contributed by atoms with E-state index in [1.54, 1.807) is 0 Å². The molecular weight excluding hydrogens is 498 g/mol. The molecule has 0 radical (unpaired) electrons. The molecule has 2 fully saturated rings. The third-order valence-corrected chi connectivity index (χ3v) is 8.65. The van der Waals surface area contributed by atoms with Gasteiger partial charge in [-0.05, 0) is 56.3 Å². The van der Waals surface area contributed by atoms with E-state index in [-0.39, 0.29) is 6.10 Å². The average molecular weight is 532 g/mol. The third-order valence-electron chi connectivity index (χ3n) is 8.34. The second kappa shape index (κ2) is 11.1. The van der Waals surface area contributed by atoms with E-state index in [0.29, 0.717) is 44.1 Å². The monoisotopic (exact) mass is 531 g/mol. The maximum Gasteiger partial charge on any atom is 0.318 e. The number of hydrogen-bond donors (Lipinski definition) is 0. The smallest absolute Gasteiger partial charge is 0.318 e. The van der Waals surface area contributed by atoms with Gasteiger partial charge in [0.15, 0.2) is 0 Å². The van der Waals surface area contributed by atoms with Gasteiger partial charge in [0.25, 0.3) is 0 Å². The molecule has 0 amide bonds. The number of aromatic nitrogens is 2. The van der Waals surface area contributed by atoms with Crippen LogP contribution in [-0.2, 0) is 17.8 Å². The Morgan fingerprint density at radius 2 is 1.97 bits per heavy atom. The van der Waals surface area contributed by atoms with Crippen molar-refractivity contribution in [2.75, 3.05) is 44.7 Å². The number of piperidine rings is 1. The zero-order chi connectivity index (χ0) is 26.1. The van der Waals surface area contributed by atoms with Gasteiger partial charge in [0.05, 0.1) is 18.4 Å². The lowest BCUT2D eigenvalue weighted by atomic mass is 9.94. The predicted molar refractivity (Wildman–Crippen MR) is 150 cm³/mol. The number of nitrogens with zero attached hydrogens (tertiary/aromatic N) is 5. The summed E-state index contributed by atoms with van der Waals surface area (Å²) in [4.78, 5) is 18.3. The van der Waals surface area contributed by atoms with Crippen molar-refractivity contribution in [1.82, 2.24) is 14.9 Å². The van der Waals surface area contributed by atoms with Crippen molar-refractivity contribution in [1.29, 1.82) is 0 Å². The molecule has 198 valence electrons. The Balaban J connectivity index is 1.34. The number of rotatable bonds is 6. The number of ether oxygens (including phenoxy) is 2. The first-order valence-corrected chi connectivity index (χ1v) is 14.1. The fraction of sp³-hybridized carbons (Fsp3) is 0.500. The number of hydrogen-bond acceptors (Lipinski definition) is 6. The summed E-state index contributed by atoms with van der Waals surface area (Å²) in [6, 6.07) is 13.1. The number of benzene rings is 2. The molecule has 4 heterocycles. The summed E-state index contributed by atoms with van der Waals surface area (Å²) in [5.74, 6) is 1.27. The Labute approximate surface area is 229 Å². The molecule has 1 aromatic heterocycles. The van der Waals surface area contributed by atoms with Gasteiger partial charge in [-0.25, -0.2) is 6.57 Å². The highest BCUT2D eigenvalue weighted by atomic mass is 35.5. The average Bonchev–Trinajstić information content (AvgIpc) is 3.35. The summed E-state index contributed by atoms with van der Waals surface area (Å²) < 4.78 is 12.8. The van der Waals surface area contributed by atoms with Crippen molar-refractivity contribution in [3.8, 4) is 6.01 Å². The highest BCUT2D eigenvalue weighted by Crippen LogP contribution is 2.39. The molecule has 0 spiro atoms. The lowest BCUT2D eigenvalue weighted by Gasteiger charge is -2.35. The molecule has 6 rings (SSSR count). The summed E-state index contributed by atoms with van der Waals surface area (Å²) in [5, 5.41) is 2.88. The summed E-state index contributed by atoms with van der Waals surface area (Å²) >= 11 is 6.66. The van der Waals surface area contributed by atoms with Gasteiger partial charge in [0.1, 0.15) is 12.4 Å². The van der Waals surface area contributed by atoms with Crippen molar-refractivity contribution in [2.45, 2.75) is 50.9 Å². The van der Waals surface area contributed by atoms with Crippen LogP contribution in [0.25, 0.3) is 15.6 Å². The zero-order valence-corrected chi connectivity index (χ0v) is 22.7. The van der Waals surface area contributed by atoms with Crippen LogP contribution in [0.3, 0.4) is 0 Å². The van der Waals surface area contributed by atoms with E-state index in [9.17, 15) is 0 Å². The van der Waals surface area contributed by atoms with E-state index in [2.05, 4.69) is 46.0 Å². The minimum absolute atomic E-state index is 0.154. The van der Waals surface area contributed by atoms with Gasteiger partial charge in [0, 0.05) is 47.4 Å². The predicted octanol–water partition coefficient (Wildman–Crippen LogP) is 5.71. The maximum absolute atomic E-state index is 7.35. The number of halogens is 1. The van der Waals surface area contributed by atoms with Gasteiger partial charge >= 0.3 is 6.01 Å². The fourth-order valence-corrected chi connectivity index (χ4v) is 6.53. The summed E-state index contributed by atoms with van der Waals surface area (Å²) in [6.07, 6.45) is 4.96. The quantitative estimate of drug-likeness (QED) is 0.380. The van der Waals surface area contributed by atoms with Crippen molar-refractivity contribution in [2.24, 2.45) is 5.92 Å². The Bertz CT molecular complexity index is 1350. The van der Waals surface area contributed by atoms with Crippen molar-refractivity contribution in [3.63, 3.8) is 0 Å². The van der Waals surface area contributed by atoms with E-state index in [1.807, 2.05) is 12.1 Å². The van der Waals surface area contributed by atoms with Crippen LogP contribution in [0.15, 0.2) is 36.4 Å². The summed E-state index contributed by atoms with van der Waals surface area (Å²) in [5.41, 5.74) is 3.11. The maximum atomic E-state index is 7.35. The van der Waals surface area contributed by atoms with Gasteiger partial charge in [-0.1, -0.05) is 41.9 Å². The molecule has 3 atom stereocenters. The molecule has 0 N–H and O–H groups in total. The standard InChI is InChI=1S/C30H34ClN5O2/c1-32-16-20-7-5-14-36(17-20)29-24-19-37-27(23-11-3-8-21-9-4-12-25(31)28(21)23)15-26(24)33-30(34-29)38-18-22-10-6-13-35(22)2/h3-4,8-9,11-12,20,22,27H,5-7,10,13-19H2,2H3/t20-,22?,27-/m0/s1. The van der Waals surface area contributed by atoms with E-state index in [0.717, 1.165) is 77.3 Å². The first-order valence-electron chi connectivity index (χ1n) is 13.7. The van der Waals surface area contributed by atoms with Gasteiger partial charge in [-0.2, -0.15) is 9.97 Å². The Kier molecular flexibility index (Phi) is 7.38. The second-order valence-corrected chi connectivity index (χ2v) is 11.2. The van der Waals surface area contributed by atoms with Gasteiger partial charge in [0.2, 0.25) is 6.54 Å². The number of anilines is 1. The molecule has 8 heteroatoms. The first-order chi connectivity index (χ1) is 18.6. The van der Waals surface area contributed by atoms with Crippen LogP contribution < -0.4 is 9.64 Å². The van der Waals surface area contributed by atoms with Crippen molar-refractivity contribution >= 4 is 28.2 Å². The lowest BCUT2D eigenvalue weighted by molar-refractivity contribution is 0.0265. The molecular formula is C30H34ClN5O2. The molecule has 2 aromatic carbocycles. The van der Waals surface area contributed by atoms with Crippen LogP contribution in [0, 0.1) is 12.5 Å². The normalized spacial score (nSPS) is 23.8. The van der Waals surface area contributed by atoms with Crippen LogP contribution >= 0.6 is 11.6 Å². The molecule has 2 saturated heterocycles. The first kappa shape index (κ1) is 25.4. The Hall–Kier alpha value is -2.92. The van der Waals surface area contributed by atoms with E-state index < -0.39 is 0 Å². The second-order valence-electron chi connectivity index (χ2n) is 10.8. The molecule has 0 bridgehead atoms. The molecule has 7 nitrogen and oxygen atoms in total. The zero-order valence-electron chi connectivity index (χ0n) is 21.9. The topological polar surface area (TPSA) is 55.1 Å². The highest BCUT2D eigenvalue weighted by molar-refractivity contribution is 6.35. The van der Waals surface area contributed by atoms with Gasteiger partial charge in [-0.3, -0.25) is 0 Å². The summed E-state index contributed by atoms with van der Waals surface area (Å²) in [7, 11) is 2.16. The lowest BCUT2D eigenvalue weighted by Crippen LogP contribution is -2.38. The fourth-order valence-electron chi connectivity index (χ4n) is 6.24. The number of likely N-dealkylation sites (N-methyl/N-ethyl adjacent to an activating group) is 1. The SMILES string of the molecule is [C-]#[N+]C[C@@H]1CCCN(c2nc(OCC3CCCN3C)nc3c2CO[C@H](c2cccc4cccc(Cl)c24)C3)C1. The van der Waals surface area contributed by atoms with E-state index in [1.165, 1.54) is 6.42 Å². The minimum atomic E-state index is -0.154. The molecule has 0 aliphatic carbocycles. The van der Waals surface area contributed by atoms with Crippen LogP contribution in [0.1, 0.15) is 48.6 Å². The molecule has 0 saturated carbocycles. The minimum Gasteiger partial charge on any atom is -0.462 e. The largest absolute Gasteiger partial charge is 0.462 e. The molecule has 3 aromatic rings. The van der Waals surface area contributed by atoms with Crippen LogP contribution in [-0.4, -0.2) is 60.7 Å². The van der Waals surface area contributed by atoms with E-state index >= 15 is 0 Å². The Morgan fingerprint density at radius 1 is 1.13 bits per heavy atom. The van der Waals surface area contributed by atoms with Gasteiger partial charge in [-0.15, -0.1) is 0 Å². The van der Waals surface area contributed by atoms with Crippen molar-refractivity contribution in [3.05, 3.63) is 69.7 Å². The Morgan fingerprint density at radius 3 is 2.79 bits per heavy atom. The number of likely N-dealkylation sites (tertiary alicyclic amines) is 1.